The normalized spacial score (nSPS) is 15.7. The number of hydrogen-bond donors (Lipinski definition) is 2. The summed E-state index contributed by atoms with van der Waals surface area (Å²) in [5.41, 5.74) is 6.19. The number of rotatable bonds is 7. The van der Waals surface area contributed by atoms with Crippen LogP contribution in [0.1, 0.15) is 53.6 Å². The van der Waals surface area contributed by atoms with E-state index < -0.39 is 6.23 Å². The summed E-state index contributed by atoms with van der Waals surface area (Å²) in [6.07, 6.45) is 0.993. The van der Waals surface area contributed by atoms with Crippen LogP contribution in [-0.4, -0.2) is 52.3 Å². The summed E-state index contributed by atoms with van der Waals surface area (Å²) in [6.45, 7) is 9.07. The third-order valence-corrected chi connectivity index (χ3v) is 6.78. The fraction of sp³-hybridized carbons (Fsp3) is 0.458. The first kappa shape index (κ1) is 23.4. The molecular formula is C24H31N5O3S. The minimum atomic E-state index is -0.494. The number of hydrogen-bond acceptors (Lipinski definition) is 7. The van der Waals surface area contributed by atoms with Crippen molar-refractivity contribution in [2.45, 2.75) is 52.8 Å². The second-order valence-electron chi connectivity index (χ2n) is 8.63. The Hall–Kier alpha value is -2.75. The number of aryl methyl sites for hydroxylation is 2. The highest BCUT2D eigenvalue weighted by Crippen LogP contribution is 2.34. The van der Waals surface area contributed by atoms with Crippen molar-refractivity contribution in [1.29, 1.82) is 0 Å². The van der Waals surface area contributed by atoms with E-state index in [-0.39, 0.29) is 11.9 Å². The van der Waals surface area contributed by atoms with Crippen molar-refractivity contribution in [2.75, 3.05) is 30.5 Å². The van der Waals surface area contributed by atoms with Gasteiger partial charge in [0.25, 0.3) is 5.91 Å². The van der Waals surface area contributed by atoms with Crippen LogP contribution in [0.5, 0.6) is 0 Å². The average molecular weight is 470 g/mol. The van der Waals surface area contributed by atoms with E-state index in [0.717, 1.165) is 29.1 Å². The van der Waals surface area contributed by atoms with Gasteiger partial charge in [0.05, 0.1) is 23.6 Å². The maximum atomic E-state index is 12.9. The van der Waals surface area contributed by atoms with Gasteiger partial charge in [-0.15, -0.1) is 11.3 Å². The Morgan fingerprint density at radius 3 is 2.85 bits per heavy atom. The summed E-state index contributed by atoms with van der Waals surface area (Å²) in [5, 5.41) is 20.3. The van der Waals surface area contributed by atoms with Crippen LogP contribution in [0.3, 0.4) is 0 Å². The summed E-state index contributed by atoms with van der Waals surface area (Å²) in [7, 11) is 1.66. The lowest BCUT2D eigenvalue weighted by Gasteiger charge is -2.35. The van der Waals surface area contributed by atoms with Crippen molar-refractivity contribution in [1.82, 2.24) is 14.8 Å². The number of anilines is 2. The highest BCUT2D eigenvalue weighted by atomic mass is 32.1. The number of thiazole rings is 1. The minimum Gasteiger partial charge on any atom is -0.383 e. The molecule has 1 aromatic carbocycles. The molecule has 2 aromatic heterocycles. The van der Waals surface area contributed by atoms with E-state index in [1.165, 1.54) is 16.9 Å². The van der Waals surface area contributed by atoms with Gasteiger partial charge in [0.2, 0.25) is 0 Å². The molecule has 1 atom stereocenters. The van der Waals surface area contributed by atoms with Crippen LogP contribution in [-0.2, 0) is 11.2 Å². The van der Waals surface area contributed by atoms with Gasteiger partial charge in [-0.2, -0.15) is 5.10 Å². The number of aliphatic hydroxyl groups excluding tert-OH is 1. The minimum absolute atomic E-state index is 0.187. The van der Waals surface area contributed by atoms with E-state index in [2.05, 4.69) is 21.5 Å². The first-order valence-corrected chi connectivity index (χ1v) is 12.1. The molecule has 0 saturated carbocycles. The molecule has 3 heterocycles. The summed E-state index contributed by atoms with van der Waals surface area (Å²) < 4.78 is 7.07. The predicted molar refractivity (Wildman–Crippen MR) is 131 cm³/mol. The van der Waals surface area contributed by atoms with E-state index in [1.807, 2.05) is 54.8 Å². The maximum absolute atomic E-state index is 12.9. The van der Waals surface area contributed by atoms with Gasteiger partial charge in [-0.25, -0.2) is 4.98 Å². The van der Waals surface area contributed by atoms with E-state index in [1.54, 1.807) is 7.11 Å². The zero-order valence-electron chi connectivity index (χ0n) is 19.8. The first-order chi connectivity index (χ1) is 15.8. The van der Waals surface area contributed by atoms with Crippen molar-refractivity contribution < 1.29 is 14.6 Å². The van der Waals surface area contributed by atoms with Gasteiger partial charge in [-0.05, 0) is 58.2 Å². The number of benzene rings is 1. The third-order valence-electron chi connectivity index (χ3n) is 6.02. The number of nitrogens with one attached hydrogen (secondary N) is 1. The van der Waals surface area contributed by atoms with Crippen LogP contribution >= 0.6 is 11.3 Å². The Kier molecular flexibility index (Phi) is 6.83. The first-order valence-electron chi connectivity index (χ1n) is 11.2. The van der Waals surface area contributed by atoms with Crippen molar-refractivity contribution in [3.63, 3.8) is 0 Å². The van der Waals surface area contributed by atoms with E-state index in [0.29, 0.717) is 36.0 Å². The van der Waals surface area contributed by atoms with Crippen molar-refractivity contribution in [3.05, 3.63) is 46.1 Å². The fourth-order valence-corrected chi connectivity index (χ4v) is 5.12. The summed E-state index contributed by atoms with van der Waals surface area (Å²) >= 11 is 1.40. The Balaban J connectivity index is 1.53. The second-order valence-corrected chi connectivity index (χ2v) is 9.48. The molecule has 1 amide bonds. The maximum Gasteiger partial charge on any atom is 0.261 e. The number of methoxy groups -OCH3 is 1. The molecular weight excluding hydrogens is 438 g/mol. The number of carbonyl (C=O) groups excluding carboxylic acids is 1. The van der Waals surface area contributed by atoms with Gasteiger partial charge in [-0.3, -0.25) is 14.8 Å². The van der Waals surface area contributed by atoms with Gasteiger partial charge in [-0.1, -0.05) is 6.07 Å². The largest absolute Gasteiger partial charge is 0.383 e. The van der Waals surface area contributed by atoms with Crippen molar-refractivity contribution in [2.24, 2.45) is 0 Å². The molecule has 9 heteroatoms. The molecule has 4 rings (SSSR count). The molecule has 33 heavy (non-hydrogen) atoms. The molecule has 0 fully saturated rings. The topological polar surface area (TPSA) is 92.5 Å². The molecule has 0 spiro atoms. The van der Waals surface area contributed by atoms with Crippen LogP contribution in [0.4, 0.5) is 10.8 Å². The number of ether oxygens (including phenoxy) is 1. The van der Waals surface area contributed by atoms with Gasteiger partial charge >= 0.3 is 0 Å². The zero-order valence-corrected chi connectivity index (χ0v) is 20.6. The van der Waals surface area contributed by atoms with Crippen LogP contribution in [0, 0.1) is 13.8 Å². The number of carbonyl (C=O) groups is 1. The van der Waals surface area contributed by atoms with E-state index in [9.17, 15) is 9.90 Å². The summed E-state index contributed by atoms with van der Waals surface area (Å²) in [6, 6.07) is 6.36. The fourth-order valence-electron chi connectivity index (χ4n) is 4.40. The average Bonchev–Trinajstić information content (AvgIpc) is 3.36. The number of aliphatic hydroxyl groups is 1. The van der Waals surface area contributed by atoms with Crippen LogP contribution < -0.4 is 10.2 Å². The quantitative estimate of drug-likeness (QED) is 0.539. The van der Waals surface area contributed by atoms with Gasteiger partial charge < -0.3 is 14.7 Å². The number of fused-ring (bicyclic) bond motifs is 1. The van der Waals surface area contributed by atoms with Crippen LogP contribution in [0.2, 0.25) is 0 Å². The van der Waals surface area contributed by atoms with Gasteiger partial charge in [0.15, 0.2) is 5.13 Å². The molecule has 1 aliphatic heterocycles. The van der Waals surface area contributed by atoms with Gasteiger partial charge in [0.1, 0.15) is 6.23 Å². The lowest BCUT2D eigenvalue weighted by atomic mass is 9.97. The molecule has 1 unspecified atom stereocenters. The summed E-state index contributed by atoms with van der Waals surface area (Å²) in [5.74, 6) is -0.189. The number of amides is 1. The molecule has 0 radical (unpaired) electrons. The third kappa shape index (κ3) is 4.66. The lowest BCUT2D eigenvalue weighted by Crippen LogP contribution is -2.41. The lowest BCUT2D eigenvalue weighted by molar-refractivity contribution is 0.102. The zero-order chi connectivity index (χ0) is 23.7. The molecule has 0 aliphatic carbocycles. The smallest absolute Gasteiger partial charge is 0.261 e. The van der Waals surface area contributed by atoms with E-state index in [4.69, 9.17) is 4.74 Å². The van der Waals surface area contributed by atoms with Crippen LogP contribution in [0.25, 0.3) is 11.3 Å². The molecule has 1 aliphatic rings. The molecule has 176 valence electrons. The highest BCUT2D eigenvalue weighted by Gasteiger charge is 2.25. The van der Waals surface area contributed by atoms with Gasteiger partial charge in [0, 0.05) is 42.0 Å². The number of aromatic nitrogens is 3. The highest BCUT2D eigenvalue weighted by molar-refractivity contribution is 7.14. The predicted octanol–water partition coefficient (Wildman–Crippen LogP) is 4.17. The van der Waals surface area contributed by atoms with Crippen LogP contribution in [0.15, 0.2) is 23.6 Å². The molecule has 2 N–H and O–H groups in total. The molecule has 3 aromatic rings. The second kappa shape index (κ2) is 9.62. The number of nitrogens with zero attached hydrogens (tertiary/aromatic N) is 4. The van der Waals surface area contributed by atoms with Crippen molar-refractivity contribution >= 4 is 28.1 Å². The Bertz CT molecular complexity index is 1150. The Labute approximate surface area is 198 Å². The molecule has 0 bridgehead atoms. The van der Waals surface area contributed by atoms with Crippen molar-refractivity contribution in [3.8, 4) is 11.3 Å². The molecule has 0 saturated heterocycles. The van der Waals surface area contributed by atoms with E-state index >= 15 is 0 Å². The molecule has 8 nitrogen and oxygen atoms in total. The SMILES string of the molecule is COCCN1c2ccc(-c3csc(NC(=O)c4c(C)nn(C(C)C)c4C)n3)cc2CCC1O. The standard InChI is InChI=1S/C24H31N5O3S/c1-14(2)29-16(4)22(15(3)27-29)23(31)26-24-25-19(13-33-24)17-6-8-20-18(12-17)7-9-21(30)28(20)10-11-32-5/h6,8,12-14,21,30H,7,9-11H2,1-5H3,(H,25,26,31). The Morgan fingerprint density at radius 2 is 2.15 bits per heavy atom. The monoisotopic (exact) mass is 469 g/mol. The summed E-state index contributed by atoms with van der Waals surface area (Å²) in [4.78, 5) is 19.6. The Morgan fingerprint density at radius 1 is 1.36 bits per heavy atom.